The van der Waals surface area contributed by atoms with E-state index in [1.165, 1.54) is 19.9 Å². The quantitative estimate of drug-likeness (QED) is 0.869. The fraction of sp³-hybridized carbons (Fsp3) is 0.500. The van der Waals surface area contributed by atoms with Crippen LogP contribution in [-0.4, -0.2) is 10.3 Å². The van der Waals surface area contributed by atoms with Crippen LogP contribution in [0.25, 0.3) is 0 Å². The van der Waals surface area contributed by atoms with Crippen molar-refractivity contribution in [3.05, 3.63) is 29.4 Å². The van der Waals surface area contributed by atoms with Crippen LogP contribution in [0.1, 0.15) is 38.1 Å². The summed E-state index contributed by atoms with van der Waals surface area (Å²) < 4.78 is 41.9. The van der Waals surface area contributed by atoms with E-state index in [-0.39, 0.29) is 17.9 Å². The SMILES string of the molecule is CC(C)(O)c1cc(CC(C#N)(C#N)CCC(F)=C(F)F)no1. The maximum absolute atomic E-state index is 12.9. The fourth-order valence-corrected chi connectivity index (χ4v) is 1.71. The number of hydrogen-bond acceptors (Lipinski definition) is 5. The van der Waals surface area contributed by atoms with Crippen LogP contribution in [0, 0.1) is 28.1 Å². The zero-order valence-corrected chi connectivity index (χ0v) is 12.0. The van der Waals surface area contributed by atoms with Crippen molar-refractivity contribution in [2.75, 3.05) is 0 Å². The first kappa shape index (κ1) is 17.7. The van der Waals surface area contributed by atoms with Crippen LogP contribution >= 0.6 is 0 Å². The lowest BCUT2D eigenvalue weighted by molar-refractivity contribution is 0.0474. The highest BCUT2D eigenvalue weighted by atomic mass is 19.3. The van der Waals surface area contributed by atoms with Crippen LogP contribution in [0.2, 0.25) is 0 Å². The van der Waals surface area contributed by atoms with Gasteiger partial charge in [-0.05, 0) is 20.3 Å². The van der Waals surface area contributed by atoms with E-state index in [9.17, 15) is 18.3 Å². The number of aliphatic hydroxyl groups is 1. The fourth-order valence-electron chi connectivity index (χ4n) is 1.71. The first-order valence-corrected chi connectivity index (χ1v) is 6.34. The summed E-state index contributed by atoms with van der Waals surface area (Å²) in [5.41, 5.74) is -2.80. The van der Waals surface area contributed by atoms with Gasteiger partial charge in [-0.25, -0.2) is 4.39 Å². The van der Waals surface area contributed by atoms with Crippen molar-refractivity contribution >= 4 is 0 Å². The molecule has 22 heavy (non-hydrogen) atoms. The molecule has 0 saturated heterocycles. The Kier molecular flexibility index (Phi) is 5.34. The Morgan fingerprint density at radius 2 is 1.91 bits per heavy atom. The second-order valence-electron chi connectivity index (χ2n) is 5.39. The number of allylic oxidation sites excluding steroid dienone is 1. The minimum Gasteiger partial charge on any atom is -0.382 e. The lowest BCUT2D eigenvalue weighted by Crippen LogP contribution is -2.20. The van der Waals surface area contributed by atoms with Gasteiger partial charge in [0.05, 0.1) is 17.8 Å². The molecule has 1 N–H and O–H groups in total. The van der Waals surface area contributed by atoms with Crippen LogP contribution in [0.3, 0.4) is 0 Å². The number of halogens is 3. The minimum absolute atomic E-state index is 0.133. The summed E-state index contributed by atoms with van der Waals surface area (Å²) in [6, 6.07) is 4.80. The number of nitrogens with zero attached hydrogens (tertiary/aromatic N) is 3. The van der Waals surface area contributed by atoms with E-state index in [0.717, 1.165) is 0 Å². The molecule has 0 spiro atoms. The summed E-state index contributed by atoms with van der Waals surface area (Å²) in [6.07, 6.45) is -3.82. The van der Waals surface area contributed by atoms with Crippen LogP contribution in [0.15, 0.2) is 22.5 Å². The van der Waals surface area contributed by atoms with Crippen LogP contribution < -0.4 is 0 Å². The number of aromatic nitrogens is 1. The van der Waals surface area contributed by atoms with E-state index < -0.39 is 35.8 Å². The maximum Gasteiger partial charge on any atom is 0.301 e. The molecule has 0 saturated carbocycles. The normalized spacial score (nSPS) is 11.6. The molecule has 0 fully saturated rings. The predicted octanol–water partition coefficient (Wildman–Crippen LogP) is 3.34. The standard InChI is InChI=1S/C14H14F3N3O2/c1-13(2,21)11-5-9(20-22-11)6-14(7-18,8-19)4-3-10(15)12(16)17/h5,21H,3-4,6H2,1-2H3. The lowest BCUT2D eigenvalue weighted by Gasteiger charge is -2.16. The summed E-state index contributed by atoms with van der Waals surface area (Å²) in [7, 11) is 0. The molecule has 1 aromatic heterocycles. The Morgan fingerprint density at radius 1 is 1.32 bits per heavy atom. The van der Waals surface area contributed by atoms with Crippen LogP contribution in [0.5, 0.6) is 0 Å². The van der Waals surface area contributed by atoms with Gasteiger partial charge in [0.25, 0.3) is 0 Å². The van der Waals surface area contributed by atoms with Gasteiger partial charge in [-0.2, -0.15) is 19.3 Å². The molecule has 0 aliphatic carbocycles. The molecule has 1 heterocycles. The number of nitriles is 2. The highest BCUT2D eigenvalue weighted by molar-refractivity contribution is 5.22. The Labute approximate surface area is 125 Å². The van der Waals surface area contributed by atoms with Gasteiger partial charge in [-0.15, -0.1) is 0 Å². The second kappa shape index (κ2) is 6.63. The van der Waals surface area contributed by atoms with Gasteiger partial charge in [0.15, 0.2) is 11.6 Å². The summed E-state index contributed by atoms with van der Waals surface area (Å²) in [5, 5.41) is 31.7. The average Bonchev–Trinajstić information content (AvgIpc) is 2.91. The van der Waals surface area contributed by atoms with Crippen molar-refractivity contribution in [3.63, 3.8) is 0 Å². The smallest absolute Gasteiger partial charge is 0.301 e. The van der Waals surface area contributed by atoms with E-state index in [4.69, 9.17) is 15.0 Å². The Bertz CT molecular complexity index is 630. The first-order valence-electron chi connectivity index (χ1n) is 6.34. The molecule has 0 aliphatic heterocycles. The zero-order valence-electron chi connectivity index (χ0n) is 12.0. The largest absolute Gasteiger partial charge is 0.382 e. The van der Waals surface area contributed by atoms with E-state index in [0.29, 0.717) is 0 Å². The van der Waals surface area contributed by atoms with E-state index >= 15 is 0 Å². The van der Waals surface area contributed by atoms with Gasteiger partial charge < -0.3 is 9.63 Å². The molecule has 1 rings (SSSR count). The third-order valence-electron chi connectivity index (χ3n) is 3.05. The van der Waals surface area contributed by atoms with Crippen LogP contribution in [0.4, 0.5) is 13.2 Å². The van der Waals surface area contributed by atoms with E-state index in [1.807, 2.05) is 0 Å². The molecule has 0 bridgehead atoms. The molecule has 0 radical (unpaired) electrons. The van der Waals surface area contributed by atoms with Gasteiger partial charge in [-0.1, -0.05) is 5.16 Å². The monoisotopic (exact) mass is 313 g/mol. The molecular formula is C14H14F3N3O2. The van der Waals surface area contributed by atoms with Gasteiger partial charge in [0.1, 0.15) is 11.0 Å². The molecule has 118 valence electrons. The zero-order chi connectivity index (χ0) is 17.0. The van der Waals surface area contributed by atoms with Gasteiger partial charge in [0, 0.05) is 18.9 Å². The highest BCUT2D eigenvalue weighted by Crippen LogP contribution is 2.31. The summed E-state index contributed by atoms with van der Waals surface area (Å²) in [6.45, 7) is 2.92. The topological polar surface area (TPSA) is 93.8 Å². The Hall–Kier alpha value is -2.32. The highest BCUT2D eigenvalue weighted by Gasteiger charge is 2.33. The van der Waals surface area contributed by atoms with Crippen molar-refractivity contribution in [2.45, 2.75) is 38.7 Å². The van der Waals surface area contributed by atoms with Crippen molar-refractivity contribution in [3.8, 4) is 12.1 Å². The van der Waals surface area contributed by atoms with Gasteiger partial charge >= 0.3 is 6.08 Å². The molecular weight excluding hydrogens is 299 g/mol. The molecule has 0 aliphatic rings. The molecule has 5 nitrogen and oxygen atoms in total. The second-order valence-corrected chi connectivity index (χ2v) is 5.39. The van der Waals surface area contributed by atoms with Crippen molar-refractivity contribution in [2.24, 2.45) is 5.41 Å². The third kappa shape index (κ3) is 4.34. The van der Waals surface area contributed by atoms with Crippen LogP contribution in [-0.2, 0) is 12.0 Å². The van der Waals surface area contributed by atoms with E-state index in [1.54, 1.807) is 12.1 Å². The predicted molar refractivity (Wildman–Crippen MR) is 68.7 cm³/mol. The summed E-state index contributed by atoms with van der Waals surface area (Å²) in [5.74, 6) is -1.51. The number of hydrogen-bond donors (Lipinski definition) is 1. The third-order valence-corrected chi connectivity index (χ3v) is 3.05. The molecule has 0 atom stereocenters. The van der Waals surface area contributed by atoms with Gasteiger partial charge in [-0.3, -0.25) is 0 Å². The molecule has 8 heteroatoms. The maximum atomic E-state index is 12.9. The van der Waals surface area contributed by atoms with Gasteiger partial charge in [0.2, 0.25) is 0 Å². The number of rotatable bonds is 6. The Morgan fingerprint density at radius 3 is 2.32 bits per heavy atom. The van der Waals surface area contributed by atoms with E-state index in [2.05, 4.69) is 5.16 Å². The summed E-state index contributed by atoms with van der Waals surface area (Å²) in [4.78, 5) is 0. The lowest BCUT2D eigenvalue weighted by atomic mass is 9.81. The van der Waals surface area contributed by atoms with Crippen molar-refractivity contribution < 1.29 is 22.8 Å². The molecule has 1 aromatic rings. The summed E-state index contributed by atoms with van der Waals surface area (Å²) >= 11 is 0. The minimum atomic E-state index is -2.46. The first-order chi connectivity index (χ1) is 10.1. The van der Waals surface area contributed by atoms with Crippen molar-refractivity contribution in [1.82, 2.24) is 5.16 Å². The molecule has 0 unspecified atom stereocenters. The molecule has 0 amide bonds. The molecule has 0 aromatic carbocycles. The average molecular weight is 313 g/mol. The Balaban J connectivity index is 2.94. The van der Waals surface area contributed by atoms with Crippen molar-refractivity contribution in [1.29, 1.82) is 10.5 Å².